The number of hydrogen-bond donors (Lipinski definition) is 0. The zero-order valence-electron chi connectivity index (χ0n) is 25.9. The Morgan fingerprint density at radius 3 is 1.09 bits per heavy atom. The summed E-state index contributed by atoms with van der Waals surface area (Å²) in [6.45, 7) is 7.44. The van der Waals surface area contributed by atoms with Gasteiger partial charge < -0.3 is 14.9 Å². The van der Waals surface area contributed by atoms with E-state index in [0.717, 1.165) is 24.0 Å². The standard InChI is InChI=1S/2C13H9.2C7H7.2CH3.H2Si.Ti/c2*1-3-7-12-10(5-1)9-11-6-2-4-8-13(11)12;2*1-7-5-3-2-4-6-7;;;;/h2*1-5,7-8H,9H2;2*2-6H,1H2;2*1H3;1H2;/q6*-1;;. The van der Waals surface area contributed by atoms with Gasteiger partial charge in [0.1, 0.15) is 0 Å². The zero-order valence-corrected chi connectivity index (χ0v) is 28.9. The normalized spacial score (nSPS) is 10.1. The Morgan fingerprint density at radius 2 is 0.750 bits per heavy atom. The SMILES string of the molecule is [CH2-]c1ccccc1.[CH2-]c1ccccc1.[CH3-].[CH3-].[SiH2]=[Ti].[c-]1cccc2c1Cc1ccccc1-2.[c-]1cccc2c1Cc1ccccc1-2. The maximum atomic E-state index is 3.72. The summed E-state index contributed by atoms with van der Waals surface area (Å²) >= 11 is 2.03. The van der Waals surface area contributed by atoms with Gasteiger partial charge in [0.2, 0.25) is 0 Å². The maximum absolute atomic E-state index is 3.72. The van der Waals surface area contributed by atoms with Gasteiger partial charge in [0.15, 0.2) is 0 Å². The van der Waals surface area contributed by atoms with Gasteiger partial charge in [-0.3, -0.25) is 0 Å². The van der Waals surface area contributed by atoms with Crippen molar-refractivity contribution < 1.29 is 19.2 Å². The molecular formula is C42H40SiTi-6. The minimum Gasteiger partial charge on any atom is -0.179 e. The molecule has 0 nitrogen and oxygen atoms in total. The van der Waals surface area contributed by atoms with Crippen molar-refractivity contribution in [2.24, 2.45) is 0 Å². The van der Waals surface area contributed by atoms with Crippen LogP contribution in [0.1, 0.15) is 33.4 Å². The second-order valence-electron chi connectivity index (χ2n) is 9.76. The van der Waals surface area contributed by atoms with Crippen LogP contribution in [0.5, 0.6) is 0 Å². The molecule has 0 aliphatic heterocycles. The second-order valence-corrected chi connectivity index (χ2v) is 9.76. The van der Waals surface area contributed by atoms with Crippen molar-refractivity contribution in [2.45, 2.75) is 12.8 Å². The van der Waals surface area contributed by atoms with Crippen molar-refractivity contribution >= 4 is 7.63 Å². The molecule has 0 radical (unpaired) electrons. The van der Waals surface area contributed by atoms with Gasteiger partial charge in [-0.25, -0.2) is 0 Å². The molecule has 8 rings (SSSR count). The van der Waals surface area contributed by atoms with Crippen LogP contribution in [0.25, 0.3) is 22.3 Å². The molecule has 2 aliphatic rings. The Kier molecular flexibility index (Phi) is 15.9. The van der Waals surface area contributed by atoms with Crippen LogP contribution in [0.3, 0.4) is 0 Å². The molecule has 0 spiro atoms. The quantitative estimate of drug-likeness (QED) is 0.117. The Morgan fingerprint density at radius 1 is 0.432 bits per heavy atom. The van der Waals surface area contributed by atoms with Crippen LogP contribution >= 0.6 is 0 Å². The summed E-state index contributed by atoms with van der Waals surface area (Å²) in [4.78, 5) is 0. The van der Waals surface area contributed by atoms with Crippen LogP contribution in [0, 0.1) is 40.8 Å². The van der Waals surface area contributed by atoms with Crippen molar-refractivity contribution in [3.05, 3.63) is 220 Å². The predicted molar refractivity (Wildman–Crippen MR) is 190 cm³/mol. The van der Waals surface area contributed by atoms with E-state index in [1.165, 1.54) is 44.5 Å². The molecule has 2 heteroatoms. The number of hydrogen-bond acceptors (Lipinski definition) is 0. The van der Waals surface area contributed by atoms with Gasteiger partial charge in [-0.05, 0) is 12.8 Å². The van der Waals surface area contributed by atoms with Gasteiger partial charge >= 0.3 is 26.8 Å². The average molecular weight is 621 g/mol. The van der Waals surface area contributed by atoms with E-state index in [1.807, 2.05) is 99.6 Å². The molecule has 6 aromatic carbocycles. The van der Waals surface area contributed by atoms with Gasteiger partial charge in [-0.2, -0.15) is 109 Å². The topological polar surface area (TPSA) is 0 Å². The molecule has 0 saturated carbocycles. The third kappa shape index (κ3) is 10.0. The third-order valence-corrected chi connectivity index (χ3v) is 6.92. The Balaban J connectivity index is 0.000000205. The molecule has 0 N–H and O–H groups in total. The van der Waals surface area contributed by atoms with Crippen LogP contribution < -0.4 is 0 Å². The molecule has 222 valence electrons. The molecule has 6 aromatic rings. The Labute approximate surface area is 280 Å². The van der Waals surface area contributed by atoms with Gasteiger partial charge in [-0.15, -0.1) is 35.4 Å². The summed E-state index contributed by atoms with van der Waals surface area (Å²) < 4.78 is 0. The van der Waals surface area contributed by atoms with E-state index in [4.69, 9.17) is 0 Å². The number of benzene rings is 6. The molecule has 0 fully saturated rings. The first-order valence-electron chi connectivity index (χ1n) is 13.9. The first-order chi connectivity index (χ1) is 20.7. The fraction of sp³-hybridized carbons (Fsp3) is 0.0476. The zero-order chi connectivity index (χ0) is 29.6. The monoisotopic (exact) mass is 620 g/mol. The largest absolute Gasteiger partial charge is 0.179 e. The van der Waals surface area contributed by atoms with E-state index in [9.17, 15) is 0 Å². The van der Waals surface area contributed by atoms with Crippen LogP contribution in [0.15, 0.2) is 146 Å². The van der Waals surface area contributed by atoms with Crippen LogP contribution in [0.4, 0.5) is 0 Å². The smallest absolute Gasteiger partial charge is 0.0253 e. The number of fused-ring (bicyclic) bond motifs is 6. The van der Waals surface area contributed by atoms with Crippen molar-refractivity contribution in [1.29, 1.82) is 0 Å². The summed E-state index contributed by atoms with van der Waals surface area (Å²) in [5, 5.41) is 0. The van der Waals surface area contributed by atoms with Crippen molar-refractivity contribution in [1.82, 2.24) is 0 Å². The van der Waals surface area contributed by atoms with Gasteiger partial charge in [0, 0.05) is 0 Å². The molecule has 2 aliphatic carbocycles. The second kappa shape index (κ2) is 19.3. The van der Waals surface area contributed by atoms with Crippen LogP contribution in [-0.4, -0.2) is 7.63 Å². The molecule has 0 unspecified atom stereocenters. The van der Waals surface area contributed by atoms with Crippen LogP contribution in [0.2, 0.25) is 0 Å². The third-order valence-electron chi connectivity index (χ3n) is 6.92. The summed E-state index contributed by atoms with van der Waals surface area (Å²) in [6, 6.07) is 56.0. The summed E-state index contributed by atoms with van der Waals surface area (Å²) in [5.74, 6) is 0. The van der Waals surface area contributed by atoms with Crippen molar-refractivity contribution in [3.8, 4) is 22.3 Å². The maximum Gasteiger partial charge on any atom is -0.0253 e. The first kappa shape index (κ1) is 36.2. The van der Waals surface area contributed by atoms with E-state index in [0.29, 0.717) is 0 Å². The first-order valence-corrected chi connectivity index (χ1v) is 18.0. The fourth-order valence-electron chi connectivity index (χ4n) is 4.95. The number of rotatable bonds is 0. The minimum atomic E-state index is 0. The van der Waals surface area contributed by atoms with Crippen molar-refractivity contribution in [3.63, 3.8) is 0 Å². The van der Waals surface area contributed by atoms with Gasteiger partial charge in [0.05, 0.1) is 0 Å². The summed E-state index contributed by atoms with van der Waals surface area (Å²) in [5.41, 5.74) is 13.2. The van der Waals surface area contributed by atoms with Crippen LogP contribution in [-0.2, 0) is 32.0 Å². The molecule has 0 saturated heterocycles. The van der Waals surface area contributed by atoms with Crippen molar-refractivity contribution in [2.75, 3.05) is 0 Å². The van der Waals surface area contributed by atoms with E-state index >= 15 is 0 Å². The molecule has 0 atom stereocenters. The molecule has 44 heavy (non-hydrogen) atoms. The van der Waals surface area contributed by atoms with E-state index in [-0.39, 0.29) is 14.9 Å². The minimum absolute atomic E-state index is 0. The molecule has 0 aromatic heterocycles. The van der Waals surface area contributed by atoms with E-state index < -0.39 is 0 Å². The average Bonchev–Trinajstić information content (AvgIpc) is 3.62. The predicted octanol–water partition coefficient (Wildman–Crippen LogP) is 9.84. The Hall–Kier alpha value is -4.01. The van der Waals surface area contributed by atoms with E-state index in [1.54, 1.807) is 0 Å². The molecule has 0 amide bonds. The molecule has 0 bridgehead atoms. The van der Waals surface area contributed by atoms with Gasteiger partial charge in [0.25, 0.3) is 0 Å². The summed E-state index contributed by atoms with van der Waals surface area (Å²) in [6.07, 6.45) is 2.10. The summed E-state index contributed by atoms with van der Waals surface area (Å²) in [7, 11) is 1.86. The Bertz CT molecular complexity index is 1460. The molecule has 0 heterocycles. The fourth-order valence-corrected chi connectivity index (χ4v) is 4.95. The molecular weight excluding hydrogens is 580 g/mol. The van der Waals surface area contributed by atoms with E-state index in [2.05, 4.69) is 98.8 Å². The van der Waals surface area contributed by atoms with Gasteiger partial charge in [-0.1, -0.05) is 82.9 Å².